The van der Waals surface area contributed by atoms with E-state index in [9.17, 15) is 14.4 Å². The molecule has 8 nitrogen and oxygen atoms in total. The molecule has 31 heavy (non-hydrogen) atoms. The van der Waals surface area contributed by atoms with Crippen LogP contribution in [0, 0.1) is 0 Å². The van der Waals surface area contributed by atoms with Gasteiger partial charge in [0.05, 0.1) is 12.6 Å². The number of amides is 3. The van der Waals surface area contributed by atoms with Crippen molar-refractivity contribution >= 4 is 23.5 Å². The summed E-state index contributed by atoms with van der Waals surface area (Å²) in [7, 11) is 0. The molecular formula is C23H28N4O4. The van der Waals surface area contributed by atoms with Crippen molar-refractivity contribution in [3.8, 4) is 0 Å². The fourth-order valence-electron chi connectivity index (χ4n) is 3.32. The van der Waals surface area contributed by atoms with Crippen LogP contribution in [0.5, 0.6) is 0 Å². The Hall–Kier alpha value is -3.26. The van der Waals surface area contributed by atoms with E-state index < -0.39 is 0 Å². The van der Waals surface area contributed by atoms with Gasteiger partial charge in [-0.25, -0.2) is 4.98 Å². The Morgan fingerprint density at radius 1 is 1.03 bits per heavy atom. The van der Waals surface area contributed by atoms with Gasteiger partial charge < -0.3 is 20.3 Å². The minimum absolute atomic E-state index is 0.00448. The molecule has 1 aliphatic rings. The first-order chi connectivity index (χ1) is 15.1. The monoisotopic (exact) mass is 424 g/mol. The third-order valence-electron chi connectivity index (χ3n) is 4.95. The molecule has 1 aromatic carbocycles. The maximum absolute atomic E-state index is 12.8. The lowest BCUT2D eigenvalue weighted by atomic mass is 10.2. The molecule has 2 N–H and O–H groups in total. The first kappa shape index (κ1) is 22.4. The summed E-state index contributed by atoms with van der Waals surface area (Å²) in [6.45, 7) is 1.40. The summed E-state index contributed by atoms with van der Waals surface area (Å²) in [5.41, 5.74) is 0.917. The van der Waals surface area contributed by atoms with Crippen LogP contribution < -0.4 is 10.6 Å². The number of aromatic nitrogens is 1. The minimum Gasteiger partial charge on any atom is -0.376 e. The molecule has 0 bridgehead atoms. The first-order valence-electron chi connectivity index (χ1n) is 10.5. The number of hydrogen-bond acceptors (Lipinski definition) is 5. The van der Waals surface area contributed by atoms with Crippen LogP contribution in [0.2, 0.25) is 0 Å². The predicted molar refractivity (Wildman–Crippen MR) is 116 cm³/mol. The quantitative estimate of drug-likeness (QED) is 0.609. The zero-order valence-corrected chi connectivity index (χ0v) is 17.5. The molecule has 164 valence electrons. The minimum atomic E-state index is -0.297. The summed E-state index contributed by atoms with van der Waals surface area (Å²) in [5, 5.41) is 5.51. The number of ether oxygens (including phenoxy) is 1. The van der Waals surface area contributed by atoms with Crippen LogP contribution in [0.15, 0.2) is 54.7 Å². The van der Waals surface area contributed by atoms with Gasteiger partial charge in [0.1, 0.15) is 5.82 Å². The van der Waals surface area contributed by atoms with Crippen molar-refractivity contribution in [2.75, 3.05) is 25.0 Å². The fourth-order valence-corrected chi connectivity index (χ4v) is 3.32. The zero-order chi connectivity index (χ0) is 21.9. The molecule has 2 heterocycles. The zero-order valence-electron chi connectivity index (χ0n) is 17.5. The van der Waals surface area contributed by atoms with Gasteiger partial charge in [-0.05, 0) is 30.5 Å². The molecule has 0 radical (unpaired) electrons. The van der Waals surface area contributed by atoms with Gasteiger partial charge in [0, 0.05) is 38.7 Å². The number of rotatable bonds is 10. The van der Waals surface area contributed by atoms with E-state index in [0.29, 0.717) is 18.9 Å². The van der Waals surface area contributed by atoms with Gasteiger partial charge in [-0.3, -0.25) is 14.4 Å². The third-order valence-corrected chi connectivity index (χ3v) is 4.95. The molecule has 3 rings (SSSR count). The van der Waals surface area contributed by atoms with Gasteiger partial charge in [0.2, 0.25) is 17.7 Å². The van der Waals surface area contributed by atoms with E-state index in [0.717, 1.165) is 25.0 Å². The van der Waals surface area contributed by atoms with E-state index in [2.05, 4.69) is 15.6 Å². The number of anilines is 1. The second-order valence-electron chi connectivity index (χ2n) is 7.44. The van der Waals surface area contributed by atoms with Crippen LogP contribution in [0.3, 0.4) is 0 Å². The van der Waals surface area contributed by atoms with Crippen molar-refractivity contribution in [1.82, 2.24) is 15.2 Å². The normalized spacial score (nSPS) is 15.3. The highest BCUT2D eigenvalue weighted by Crippen LogP contribution is 2.11. The average Bonchev–Trinajstić information content (AvgIpc) is 3.31. The van der Waals surface area contributed by atoms with Crippen molar-refractivity contribution in [2.45, 2.75) is 38.3 Å². The molecule has 0 aliphatic carbocycles. The number of nitrogens with zero attached hydrogens (tertiary/aromatic N) is 2. The number of nitrogens with one attached hydrogen (secondary N) is 2. The average molecular weight is 425 g/mol. The Kier molecular flexibility index (Phi) is 8.54. The van der Waals surface area contributed by atoms with Gasteiger partial charge in [-0.2, -0.15) is 0 Å². The van der Waals surface area contributed by atoms with E-state index >= 15 is 0 Å². The largest absolute Gasteiger partial charge is 0.376 e. The van der Waals surface area contributed by atoms with Crippen molar-refractivity contribution in [2.24, 2.45) is 0 Å². The second-order valence-corrected chi connectivity index (χ2v) is 7.44. The maximum atomic E-state index is 12.8. The summed E-state index contributed by atoms with van der Waals surface area (Å²) in [5.74, 6) is -0.353. The molecule has 0 saturated carbocycles. The Morgan fingerprint density at radius 2 is 1.84 bits per heavy atom. The summed E-state index contributed by atoms with van der Waals surface area (Å²) in [6.07, 6.45) is 3.57. The van der Waals surface area contributed by atoms with Gasteiger partial charge in [0.25, 0.3) is 0 Å². The molecule has 1 aliphatic heterocycles. The van der Waals surface area contributed by atoms with Crippen LogP contribution in [0.25, 0.3) is 0 Å². The Morgan fingerprint density at radius 3 is 2.55 bits per heavy atom. The molecule has 1 saturated heterocycles. The number of carbonyl (C=O) groups excluding carboxylic acids is 3. The molecule has 1 fully saturated rings. The predicted octanol–water partition coefficient (Wildman–Crippen LogP) is 2.12. The Balaban J connectivity index is 1.53. The van der Waals surface area contributed by atoms with Crippen LogP contribution >= 0.6 is 0 Å². The standard InChI is InChI=1S/C23H28N4O4/c28-21(26-20-10-4-5-13-24-20)11-12-23(30)27(16-18-7-2-1-3-8-18)17-22(29)25-15-19-9-6-14-31-19/h1-5,7-8,10,13,19H,6,9,11-12,14-17H2,(H,25,29)(H,24,26,28). The number of benzene rings is 1. The Bertz CT molecular complexity index is 854. The summed E-state index contributed by atoms with van der Waals surface area (Å²) < 4.78 is 5.52. The molecule has 0 spiro atoms. The first-order valence-corrected chi connectivity index (χ1v) is 10.5. The van der Waals surface area contributed by atoms with E-state index in [1.165, 1.54) is 4.90 Å². The highest BCUT2D eigenvalue weighted by molar-refractivity contribution is 5.93. The fraction of sp³-hybridized carbons (Fsp3) is 0.391. The lowest BCUT2D eigenvalue weighted by Crippen LogP contribution is -2.42. The molecule has 3 amide bonds. The lowest BCUT2D eigenvalue weighted by molar-refractivity contribution is -0.137. The third kappa shape index (κ3) is 7.82. The number of pyridine rings is 1. The highest BCUT2D eigenvalue weighted by Gasteiger charge is 2.21. The van der Waals surface area contributed by atoms with Crippen LogP contribution in [-0.4, -0.2) is 53.4 Å². The molecule has 1 aromatic heterocycles. The number of carbonyl (C=O) groups is 3. The van der Waals surface area contributed by atoms with Crippen LogP contribution in [0.4, 0.5) is 5.82 Å². The van der Waals surface area contributed by atoms with E-state index in [-0.39, 0.29) is 43.2 Å². The van der Waals surface area contributed by atoms with Crippen molar-refractivity contribution in [3.63, 3.8) is 0 Å². The second kappa shape index (κ2) is 11.8. The SMILES string of the molecule is O=C(CN(Cc1ccccc1)C(=O)CCC(=O)Nc1ccccn1)NCC1CCCO1. The highest BCUT2D eigenvalue weighted by atomic mass is 16.5. The van der Waals surface area contributed by atoms with Gasteiger partial charge in [-0.15, -0.1) is 0 Å². The van der Waals surface area contributed by atoms with Gasteiger partial charge in [0.15, 0.2) is 0 Å². The summed E-state index contributed by atoms with van der Waals surface area (Å²) in [4.78, 5) is 42.9. The molecule has 1 atom stereocenters. The van der Waals surface area contributed by atoms with E-state index in [4.69, 9.17) is 4.74 Å². The van der Waals surface area contributed by atoms with E-state index in [1.54, 1.807) is 24.4 Å². The smallest absolute Gasteiger partial charge is 0.239 e. The van der Waals surface area contributed by atoms with E-state index in [1.807, 2.05) is 30.3 Å². The molecule has 1 unspecified atom stereocenters. The lowest BCUT2D eigenvalue weighted by Gasteiger charge is -2.23. The van der Waals surface area contributed by atoms with Crippen molar-refractivity contribution in [3.05, 3.63) is 60.3 Å². The summed E-state index contributed by atoms with van der Waals surface area (Å²) in [6, 6.07) is 14.7. The maximum Gasteiger partial charge on any atom is 0.239 e. The molecule has 2 aromatic rings. The molecular weight excluding hydrogens is 396 g/mol. The van der Waals surface area contributed by atoms with Crippen LogP contribution in [-0.2, 0) is 25.7 Å². The summed E-state index contributed by atoms with van der Waals surface area (Å²) >= 11 is 0. The topological polar surface area (TPSA) is 101 Å². The van der Waals surface area contributed by atoms with Crippen molar-refractivity contribution < 1.29 is 19.1 Å². The van der Waals surface area contributed by atoms with Gasteiger partial charge >= 0.3 is 0 Å². The van der Waals surface area contributed by atoms with Crippen LogP contribution in [0.1, 0.15) is 31.2 Å². The molecule has 8 heteroatoms. The Labute approximate surface area is 182 Å². The van der Waals surface area contributed by atoms with Gasteiger partial charge in [-0.1, -0.05) is 36.4 Å². The van der Waals surface area contributed by atoms with Crippen molar-refractivity contribution in [1.29, 1.82) is 0 Å². The number of hydrogen-bond donors (Lipinski definition) is 2.